The van der Waals surface area contributed by atoms with Crippen LogP contribution in [0, 0.1) is 0 Å². The van der Waals surface area contributed by atoms with E-state index in [1.54, 1.807) is 24.3 Å². The summed E-state index contributed by atoms with van der Waals surface area (Å²) < 4.78 is 0. The van der Waals surface area contributed by atoms with Gasteiger partial charge < -0.3 is 5.11 Å². The first-order valence-corrected chi connectivity index (χ1v) is 7.44. The zero-order valence-corrected chi connectivity index (χ0v) is 13.5. The number of carbonyl (C=O) groups excluding carboxylic acids is 1. The number of carboxylic acids is 1. The van der Waals surface area contributed by atoms with Crippen molar-refractivity contribution < 1.29 is 14.7 Å². The second kappa shape index (κ2) is 6.61. The van der Waals surface area contributed by atoms with E-state index in [0.29, 0.717) is 11.1 Å². The van der Waals surface area contributed by atoms with E-state index < -0.39 is 5.97 Å². The molecule has 0 aliphatic carbocycles. The molecule has 0 fully saturated rings. The highest BCUT2D eigenvalue weighted by Gasteiger charge is 2.14. The van der Waals surface area contributed by atoms with Gasteiger partial charge in [0.1, 0.15) is 0 Å². The van der Waals surface area contributed by atoms with E-state index in [1.807, 2.05) is 18.2 Å². The summed E-state index contributed by atoms with van der Waals surface area (Å²) in [4.78, 5) is 23.3. The number of carboxylic acid groups (broad SMARTS) is 1. The number of hydrogen-bond donors (Lipinski definition) is 1. The zero-order valence-electron chi connectivity index (χ0n) is 13.5. The van der Waals surface area contributed by atoms with E-state index in [0.717, 1.165) is 5.56 Å². The smallest absolute Gasteiger partial charge is 0.335 e. The fourth-order valence-electron chi connectivity index (χ4n) is 2.18. The van der Waals surface area contributed by atoms with Crippen LogP contribution in [0.1, 0.15) is 52.6 Å². The monoisotopic (exact) mass is 308 g/mol. The van der Waals surface area contributed by atoms with Crippen LogP contribution < -0.4 is 0 Å². The Morgan fingerprint density at radius 3 is 2.26 bits per heavy atom. The Hall–Kier alpha value is -2.68. The lowest BCUT2D eigenvalue weighted by Gasteiger charge is -2.19. The molecule has 0 unspecified atom stereocenters. The van der Waals surface area contributed by atoms with Crippen LogP contribution in [0.2, 0.25) is 0 Å². The van der Waals surface area contributed by atoms with Gasteiger partial charge in [-0.05, 0) is 40.8 Å². The van der Waals surface area contributed by atoms with Gasteiger partial charge in [0.25, 0.3) is 0 Å². The highest BCUT2D eigenvalue weighted by molar-refractivity contribution is 6.07. The van der Waals surface area contributed by atoms with E-state index >= 15 is 0 Å². The lowest BCUT2D eigenvalue weighted by atomic mass is 9.86. The predicted molar refractivity (Wildman–Crippen MR) is 91.9 cm³/mol. The quantitative estimate of drug-likeness (QED) is 0.664. The Bertz CT molecular complexity index is 764. The second-order valence-electron chi connectivity index (χ2n) is 6.46. The molecule has 0 aliphatic heterocycles. The van der Waals surface area contributed by atoms with Gasteiger partial charge in [-0.25, -0.2) is 4.79 Å². The molecule has 0 radical (unpaired) electrons. The molecule has 0 atom stereocenters. The van der Waals surface area contributed by atoms with Crippen LogP contribution in [0.25, 0.3) is 6.08 Å². The molecular formula is C20H20O3. The molecule has 0 spiro atoms. The molecular weight excluding hydrogens is 288 g/mol. The molecule has 2 aromatic carbocycles. The van der Waals surface area contributed by atoms with Gasteiger partial charge in [-0.15, -0.1) is 0 Å². The molecule has 23 heavy (non-hydrogen) atoms. The fraction of sp³-hybridized carbons (Fsp3) is 0.200. The van der Waals surface area contributed by atoms with Gasteiger partial charge in [-0.2, -0.15) is 0 Å². The molecule has 0 aliphatic rings. The first-order valence-electron chi connectivity index (χ1n) is 7.44. The van der Waals surface area contributed by atoms with Crippen LogP contribution in [0.15, 0.2) is 54.6 Å². The minimum absolute atomic E-state index is 0.0180. The minimum Gasteiger partial charge on any atom is -0.478 e. The van der Waals surface area contributed by atoms with Crippen LogP contribution in [0.4, 0.5) is 0 Å². The van der Waals surface area contributed by atoms with Gasteiger partial charge in [-0.1, -0.05) is 57.2 Å². The Kier molecular flexibility index (Phi) is 4.80. The van der Waals surface area contributed by atoms with Crippen LogP contribution in [-0.2, 0) is 5.41 Å². The summed E-state index contributed by atoms with van der Waals surface area (Å²) in [5.74, 6) is -1.08. The normalized spacial score (nSPS) is 11.6. The van der Waals surface area contributed by atoms with Crippen molar-refractivity contribution in [2.45, 2.75) is 26.2 Å². The lowest BCUT2D eigenvalue weighted by molar-refractivity contribution is 0.0696. The zero-order chi connectivity index (χ0) is 17.0. The lowest BCUT2D eigenvalue weighted by Crippen LogP contribution is -2.11. The minimum atomic E-state index is -0.982. The molecule has 0 saturated heterocycles. The van der Waals surface area contributed by atoms with Crippen molar-refractivity contribution in [3.05, 3.63) is 76.9 Å². The van der Waals surface area contributed by atoms with Gasteiger partial charge in [0, 0.05) is 5.56 Å². The Morgan fingerprint density at radius 2 is 1.61 bits per heavy atom. The summed E-state index contributed by atoms with van der Waals surface area (Å²) in [6.07, 6.45) is 3.11. The Balaban J connectivity index is 2.22. The van der Waals surface area contributed by atoms with Crippen molar-refractivity contribution in [3.8, 4) is 0 Å². The fourth-order valence-corrected chi connectivity index (χ4v) is 2.18. The first kappa shape index (κ1) is 16.7. The number of ketones is 1. The maximum atomic E-state index is 12.3. The van der Waals surface area contributed by atoms with Crippen LogP contribution >= 0.6 is 0 Å². The first-order chi connectivity index (χ1) is 10.8. The summed E-state index contributed by atoms with van der Waals surface area (Å²) in [6, 6.07) is 14.1. The molecule has 2 rings (SSSR count). The van der Waals surface area contributed by atoms with Crippen molar-refractivity contribution in [1.82, 2.24) is 0 Å². The average Bonchev–Trinajstić information content (AvgIpc) is 2.52. The molecule has 3 heteroatoms. The molecule has 118 valence electrons. The van der Waals surface area contributed by atoms with Gasteiger partial charge in [0.05, 0.1) is 5.56 Å². The summed E-state index contributed by atoms with van der Waals surface area (Å²) in [5.41, 5.74) is 2.60. The highest BCUT2D eigenvalue weighted by Crippen LogP contribution is 2.23. The standard InChI is InChI=1S/C20H20O3/c1-20(2,3)17-9-5-7-15(13-17)18(21)11-10-14-6-4-8-16(12-14)19(22)23/h4-13H,1-3H3,(H,22,23)/b11-10+. The SMILES string of the molecule is CC(C)(C)c1cccc(C(=O)/C=C/c2cccc(C(=O)O)c2)c1. The molecule has 2 aromatic rings. The van der Waals surface area contributed by atoms with Gasteiger partial charge in [-0.3, -0.25) is 4.79 Å². The molecule has 0 bridgehead atoms. The molecule has 0 aromatic heterocycles. The number of rotatable bonds is 4. The third-order valence-electron chi connectivity index (χ3n) is 3.57. The predicted octanol–water partition coefficient (Wildman–Crippen LogP) is 4.58. The van der Waals surface area contributed by atoms with Crippen molar-refractivity contribution in [3.63, 3.8) is 0 Å². The number of benzene rings is 2. The maximum Gasteiger partial charge on any atom is 0.335 e. The van der Waals surface area contributed by atoms with Crippen LogP contribution in [0.5, 0.6) is 0 Å². The second-order valence-corrected chi connectivity index (χ2v) is 6.46. The molecule has 0 amide bonds. The van der Waals surface area contributed by atoms with Gasteiger partial charge in [0.15, 0.2) is 5.78 Å². The largest absolute Gasteiger partial charge is 0.478 e. The summed E-state index contributed by atoms with van der Waals surface area (Å²) in [6.45, 7) is 6.30. The average molecular weight is 308 g/mol. The number of allylic oxidation sites excluding steroid dienone is 1. The number of hydrogen-bond acceptors (Lipinski definition) is 2. The maximum absolute atomic E-state index is 12.3. The molecule has 1 N–H and O–H groups in total. The van der Waals surface area contributed by atoms with E-state index in [2.05, 4.69) is 20.8 Å². The highest BCUT2D eigenvalue weighted by atomic mass is 16.4. The van der Waals surface area contributed by atoms with Gasteiger partial charge in [0.2, 0.25) is 0 Å². The Labute approximate surface area is 136 Å². The van der Waals surface area contributed by atoms with Crippen molar-refractivity contribution >= 4 is 17.8 Å². The van der Waals surface area contributed by atoms with E-state index in [4.69, 9.17) is 5.11 Å². The van der Waals surface area contributed by atoms with E-state index in [1.165, 1.54) is 18.2 Å². The molecule has 0 heterocycles. The topological polar surface area (TPSA) is 54.4 Å². The van der Waals surface area contributed by atoms with E-state index in [9.17, 15) is 9.59 Å². The summed E-state index contributed by atoms with van der Waals surface area (Å²) >= 11 is 0. The van der Waals surface area contributed by atoms with Gasteiger partial charge >= 0.3 is 5.97 Å². The summed E-state index contributed by atoms with van der Waals surface area (Å²) in [5, 5.41) is 8.98. The van der Waals surface area contributed by atoms with Crippen molar-refractivity contribution in [2.24, 2.45) is 0 Å². The van der Waals surface area contributed by atoms with Crippen molar-refractivity contribution in [1.29, 1.82) is 0 Å². The molecule has 0 saturated carbocycles. The van der Waals surface area contributed by atoms with Crippen LogP contribution in [-0.4, -0.2) is 16.9 Å². The van der Waals surface area contributed by atoms with Crippen molar-refractivity contribution in [2.75, 3.05) is 0 Å². The van der Waals surface area contributed by atoms with E-state index in [-0.39, 0.29) is 16.8 Å². The summed E-state index contributed by atoms with van der Waals surface area (Å²) in [7, 11) is 0. The third-order valence-corrected chi connectivity index (χ3v) is 3.57. The number of aromatic carboxylic acids is 1. The molecule has 3 nitrogen and oxygen atoms in total. The Morgan fingerprint density at radius 1 is 0.957 bits per heavy atom. The van der Waals surface area contributed by atoms with Crippen LogP contribution in [0.3, 0.4) is 0 Å². The number of carbonyl (C=O) groups is 2. The third kappa shape index (κ3) is 4.39.